The van der Waals surface area contributed by atoms with Crippen LogP contribution in [0.2, 0.25) is 0 Å². The van der Waals surface area contributed by atoms with Crippen LogP contribution in [0.5, 0.6) is 11.5 Å². The zero-order chi connectivity index (χ0) is 16.7. The lowest BCUT2D eigenvalue weighted by atomic mass is 10.1. The normalized spacial score (nSPS) is 10.6. The molecule has 0 fully saturated rings. The molecule has 23 heavy (non-hydrogen) atoms. The standard InChI is InChI=1S/C18H17BrO4/c1-21-16-9-5-14(17(11-16)22-2)6-10-18(20)23-12-13-3-7-15(19)8-4-13/h3-11H,12H2,1-2H3. The molecule has 0 N–H and O–H groups in total. The van der Waals surface area contributed by atoms with Gasteiger partial charge >= 0.3 is 5.97 Å². The molecule has 2 aromatic rings. The van der Waals surface area contributed by atoms with Crippen molar-refractivity contribution < 1.29 is 19.0 Å². The van der Waals surface area contributed by atoms with Crippen LogP contribution in [0.4, 0.5) is 0 Å². The number of methoxy groups -OCH3 is 2. The van der Waals surface area contributed by atoms with Gasteiger partial charge in [-0.3, -0.25) is 0 Å². The van der Waals surface area contributed by atoms with Crippen molar-refractivity contribution in [2.45, 2.75) is 6.61 Å². The Hall–Kier alpha value is -2.27. The van der Waals surface area contributed by atoms with E-state index in [1.165, 1.54) is 6.08 Å². The Morgan fingerprint density at radius 2 is 1.83 bits per heavy atom. The molecule has 0 unspecified atom stereocenters. The molecule has 0 aliphatic rings. The van der Waals surface area contributed by atoms with E-state index in [1.54, 1.807) is 32.4 Å². The molecule has 0 aliphatic heterocycles. The number of carbonyl (C=O) groups excluding carboxylic acids is 1. The Balaban J connectivity index is 1.96. The van der Waals surface area contributed by atoms with Gasteiger partial charge in [0.25, 0.3) is 0 Å². The summed E-state index contributed by atoms with van der Waals surface area (Å²) in [6, 6.07) is 13.0. The maximum Gasteiger partial charge on any atom is 0.331 e. The second kappa shape index (κ2) is 8.39. The van der Waals surface area contributed by atoms with Crippen molar-refractivity contribution in [2.75, 3.05) is 14.2 Å². The second-order valence-corrected chi connectivity index (χ2v) is 5.59. The van der Waals surface area contributed by atoms with Crippen molar-refractivity contribution in [3.63, 3.8) is 0 Å². The highest BCUT2D eigenvalue weighted by atomic mass is 79.9. The minimum absolute atomic E-state index is 0.232. The van der Waals surface area contributed by atoms with E-state index >= 15 is 0 Å². The molecule has 2 aromatic carbocycles. The van der Waals surface area contributed by atoms with Gasteiger partial charge in [0.1, 0.15) is 18.1 Å². The van der Waals surface area contributed by atoms with Gasteiger partial charge in [-0.25, -0.2) is 4.79 Å². The van der Waals surface area contributed by atoms with Crippen molar-refractivity contribution in [3.05, 3.63) is 64.1 Å². The molecule has 0 amide bonds. The predicted octanol–water partition coefficient (Wildman–Crippen LogP) is 4.22. The van der Waals surface area contributed by atoms with E-state index in [-0.39, 0.29) is 6.61 Å². The lowest BCUT2D eigenvalue weighted by Gasteiger charge is -2.07. The van der Waals surface area contributed by atoms with E-state index in [9.17, 15) is 4.79 Å². The first-order valence-electron chi connectivity index (χ1n) is 6.93. The first kappa shape index (κ1) is 17.1. The number of rotatable bonds is 6. The highest BCUT2D eigenvalue weighted by Crippen LogP contribution is 2.25. The average molecular weight is 377 g/mol. The minimum atomic E-state index is -0.411. The quantitative estimate of drug-likeness (QED) is 0.559. The highest BCUT2D eigenvalue weighted by molar-refractivity contribution is 9.10. The van der Waals surface area contributed by atoms with Gasteiger partial charge in [-0.15, -0.1) is 0 Å². The first-order valence-corrected chi connectivity index (χ1v) is 7.73. The summed E-state index contributed by atoms with van der Waals surface area (Å²) < 4.78 is 16.6. The maximum atomic E-state index is 11.8. The molecule has 0 saturated carbocycles. The summed E-state index contributed by atoms with van der Waals surface area (Å²) >= 11 is 3.36. The molecule has 0 aromatic heterocycles. The molecule has 5 heteroatoms. The molecule has 0 aliphatic carbocycles. The van der Waals surface area contributed by atoms with Crippen LogP contribution < -0.4 is 9.47 Å². The molecule has 0 saturated heterocycles. The predicted molar refractivity (Wildman–Crippen MR) is 92.5 cm³/mol. The monoisotopic (exact) mass is 376 g/mol. The largest absolute Gasteiger partial charge is 0.497 e. The number of hydrogen-bond acceptors (Lipinski definition) is 4. The number of benzene rings is 2. The molecule has 2 rings (SSSR count). The van der Waals surface area contributed by atoms with E-state index in [2.05, 4.69) is 15.9 Å². The SMILES string of the molecule is COc1ccc(C=CC(=O)OCc2ccc(Br)cc2)c(OC)c1. The van der Waals surface area contributed by atoms with Gasteiger partial charge in [0.05, 0.1) is 14.2 Å². The van der Waals surface area contributed by atoms with Gasteiger partial charge in [-0.2, -0.15) is 0 Å². The van der Waals surface area contributed by atoms with E-state index in [1.807, 2.05) is 30.3 Å². The van der Waals surface area contributed by atoms with E-state index in [4.69, 9.17) is 14.2 Å². The Morgan fingerprint density at radius 1 is 1.09 bits per heavy atom. The van der Waals surface area contributed by atoms with Gasteiger partial charge in [-0.1, -0.05) is 28.1 Å². The third-order valence-corrected chi connectivity index (χ3v) is 3.66. The fraction of sp³-hybridized carbons (Fsp3) is 0.167. The van der Waals surface area contributed by atoms with Crippen LogP contribution in [0.3, 0.4) is 0 Å². The Bertz CT molecular complexity index is 693. The summed E-state index contributed by atoms with van der Waals surface area (Å²) in [6.45, 7) is 0.232. The number of carbonyl (C=O) groups is 1. The van der Waals surface area contributed by atoms with Gasteiger partial charge in [0.15, 0.2) is 0 Å². The highest BCUT2D eigenvalue weighted by Gasteiger charge is 2.04. The van der Waals surface area contributed by atoms with Crippen LogP contribution in [0.15, 0.2) is 53.0 Å². The zero-order valence-corrected chi connectivity index (χ0v) is 14.5. The van der Waals surface area contributed by atoms with E-state index in [0.29, 0.717) is 11.5 Å². The summed E-state index contributed by atoms with van der Waals surface area (Å²) in [5, 5.41) is 0. The summed E-state index contributed by atoms with van der Waals surface area (Å²) in [6.07, 6.45) is 3.03. The summed E-state index contributed by atoms with van der Waals surface area (Å²) in [5.74, 6) is 0.906. The number of halogens is 1. The molecule has 120 valence electrons. The third kappa shape index (κ3) is 5.14. The van der Waals surface area contributed by atoms with Crippen LogP contribution in [0.1, 0.15) is 11.1 Å². The fourth-order valence-electron chi connectivity index (χ4n) is 1.90. The van der Waals surface area contributed by atoms with E-state index in [0.717, 1.165) is 15.6 Å². The van der Waals surface area contributed by atoms with E-state index < -0.39 is 5.97 Å². The molecule has 0 bridgehead atoms. The number of esters is 1. The summed E-state index contributed by atoms with van der Waals surface area (Å²) in [4.78, 5) is 11.8. The topological polar surface area (TPSA) is 44.8 Å². The fourth-order valence-corrected chi connectivity index (χ4v) is 2.16. The van der Waals surface area contributed by atoms with Crippen molar-refractivity contribution in [2.24, 2.45) is 0 Å². The Kier molecular flexibility index (Phi) is 6.23. The Labute approximate surface area is 143 Å². The summed E-state index contributed by atoms with van der Waals surface area (Å²) in [7, 11) is 3.15. The second-order valence-electron chi connectivity index (χ2n) is 4.68. The number of ether oxygens (including phenoxy) is 3. The average Bonchev–Trinajstić information content (AvgIpc) is 2.59. The number of hydrogen-bond donors (Lipinski definition) is 0. The van der Waals surface area contributed by atoms with Crippen LogP contribution in [-0.2, 0) is 16.1 Å². The molecule has 0 atom stereocenters. The molecular formula is C18H17BrO4. The van der Waals surface area contributed by atoms with Gasteiger partial charge in [0.2, 0.25) is 0 Å². The lowest BCUT2D eigenvalue weighted by molar-refractivity contribution is -0.138. The molecule has 0 radical (unpaired) electrons. The zero-order valence-electron chi connectivity index (χ0n) is 12.9. The maximum absolute atomic E-state index is 11.8. The molecule has 4 nitrogen and oxygen atoms in total. The molecular weight excluding hydrogens is 360 g/mol. The minimum Gasteiger partial charge on any atom is -0.497 e. The van der Waals surface area contributed by atoms with Crippen LogP contribution in [0, 0.1) is 0 Å². The van der Waals surface area contributed by atoms with Gasteiger partial charge in [0, 0.05) is 22.2 Å². The Morgan fingerprint density at radius 3 is 2.48 bits per heavy atom. The van der Waals surface area contributed by atoms with Crippen LogP contribution >= 0.6 is 15.9 Å². The van der Waals surface area contributed by atoms with Crippen molar-refractivity contribution in [1.29, 1.82) is 0 Å². The van der Waals surface area contributed by atoms with Crippen LogP contribution in [-0.4, -0.2) is 20.2 Å². The van der Waals surface area contributed by atoms with Crippen molar-refractivity contribution in [1.82, 2.24) is 0 Å². The molecule has 0 heterocycles. The third-order valence-electron chi connectivity index (χ3n) is 3.13. The van der Waals surface area contributed by atoms with Gasteiger partial charge < -0.3 is 14.2 Å². The van der Waals surface area contributed by atoms with Crippen LogP contribution in [0.25, 0.3) is 6.08 Å². The van der Waals surface area contributed by atoms with Crippen molar-refractivity contribution >= 4 is 28.0 Å². The van der Waals surface area contributed by atoms with Gasteiger partial charge in [-0.05, 0) is 35.9 Å². The smallest absolute Gasteiger partial charge is 0.331 e. The molecule has 0 spiro atoms. The van der Waals surface area contributed by atoms with Crippen molar-refractivity contribution in [3.8, 4) is 11.5 Å². The lowest BCUT2D eigenvalue weighted by Crippen LogP contribution is -2.00. The summed E-state index contributed by atoms with van der Waals surface area (Å²) in [5.41, 5.74) is 1.70. The first-order chi connectivity index (χ1) is 11.1.